The van der Waals surface area contributed by atoms with E-state index in [2.05, 4.69) is 5.32 Å². The number of benzene rings is 1. The molecule has 0 unspecified atom stereocenters. The lowest BCUT2D eigenvalue weighted by atomic mass is 10.1. The number of ether oxygens (including phenoxy) is 1. The van der Waals surface area contributed by atoms with Crippen molar-refractivity contribution in [3.63, 3.8) is 0 Å². The quantitative estimate of drug-likeness (QED) is 0.831. The third-order valence-corrected chi connectivity index (χ3v) is 3.31. The number of carbonyl (C=O) groups excluding carboxylic acids is 3. The molecule has 22 heavy (non-hydrogen) atoms. The van der Waals surface area contributed by atoms with Crippen molar-refractivity contribution in [1.29, 1.82) is 0 Å². The van der Waals surface area contributed by atoms with E-state index in [0.29, 0.717) is 13.0 Å². The minimum atomic E-state index is -1.01. The van der Waals surface area contributed by atoms with Gasteiger partial charge in [0.25, 0.3) is 5.91 Å². The van der Waals surface area contributed by atoms with Gasteiger partial charge in [0.05, 0.1) is 0 Å². The van der Waals surface area contributed by atoms with E-state index in [9.17, 15) is 18.8 Å². The van der Waals surface area contributed by atoms with Crippen molar-refractivity contribution in [2.45, 2.75) is 25.9 Å². The number of hydrogen-bond acceptors (Lipinski definition) is 4. The number of aryl methyl sites for hydroxylation is 1. The van der Waals surface area contributed by atoms with Crippen LogP contribution in [0.4, 0.5) is 9.18 Å². The lowest BCUT2D eigenvalue weighted by Crippen LogP contribution is -2.41. The highest BCUT2D eigenvalue weighted by Crippen LogP contribution is 2.08. The summed E-state index contributed by atoms with van der Waals surface area (Å²) in [6, 6.07) is 5.34. The number of rotatable bonds is 5. The van der Waals surface area contributed by atoms with E-state index in [1.165, 1.54) is 19.1 Å². The van der Waals surface area contributed by atoms with E-state index in [1.807, 2.05) is 0 Å². The molecule has 0 saturated carbocycles. The van der Waals surface area contributed by atoms with E-state index in [1.54, 1.807) is 12.1 Å². The van der Waals surface area contributed by atoms with Crippen LogP contribution in [0, 0.1) is 5.82 Å². The number of nitrogens with zero attached hydrogens (tertiary/aromatic N) is 1. The maximum atomic E-state index is 12.8. The van der Waals surface area contributed by atoms with Crippen LogP contribution in [0.1, 0.15) is 18.9 Å². The first kappa shape index (κ1) is 15.9. The predicted octanol–water partition coefficient (Wildman–Crippen LogP) is 1.24. The van der Waals surface area contributed by atoms with Crippen LogP contribution in [-0.4, -0.2) is 42.0 Å². The molecule has 0 spiro atoms. The number of nitrogens with one attached hydrogen (secondary N) is 1. The second kappa shape index (κ2) is 7.02. The molecule has 1 saturated heterocycles. The molecule has 1 fully saturated rings. The summed E-state index contributed by atoms with van der Waals surface area (Å²) in [5.74, 6) is -1.41. The molecular weight excluding hydrogens is 291 g/mol. The number of hydrogen-bond donors (Lipinski definition) is 1. The van der Waals surface area contributed by atoms with Gasteiger partial charge in [-0.25, -0.2) is 9.18 Å². The van der Waals surface area contributed by atoms with Crippen LogP contribution in [0.15, 0.2) is 24.3 Å². The zero-order chi connectivity index (χ0) is 16.1. The van der Waals surface area contributed by atoms with Crippen LogP contribution in [0.2, 0.25) is 0 Å². The van der Waals surface area contributed by atoms with E-state index in [-0.39, 0.29) is 18.8 Å². The standard InChI is InChI=1S/C15H17FN2O4/c1-10(14(20)18-9-8-17-15(18)21)22-13(19)7-4-11-2-5-12(16)6-3-11/h2-3,5-6,10H,4,7-9H2,1H3,(H,17,21)/t10-/m0/s1. The Bertz CT molecular complexity index is 573. The van der Waals surface area contributed by atoms with Gasteiger partial charge in [0.1, 0.15) is 5.82 Å². The van der Waals surface area contributed by atoms with Crippen molar-refractivity contribution in [1.82, 2.24) is 10.2 Å². The Kier molecular flexibility index (Phi) is 5.08. The minimum Gasteiger partial charge on any atom is -0.453 e. The Labute approximate surface area is 127 Å². The lowest BCUT2D eigenvalue weighted by molar-refractivity contribution is -0.157. The molecule has 118 valence electrons. The molecule has 7 heteroatoms. The molecule has 0 aromatic heterocycles. The Hall–Kier alpha value is -2.44. The molecule has 0 bridgehead atoms. The minimum absolute atomic E-state index is 0.0788. The predicted molar refractivity (Wildman–Crippen MR) is 75.4 cm³/mol. The lowest BCUT2D eigenvalue weighted by Gasteiger charge is -2.18. The van der Waals surface area contributed by atoms with Crippen LogP contribution < -0.4 is 5.32 Å². The third kappa shape index (κ3) is 4.03. The molecule has 0 radical (unpaired) electrons. The second-order valence-corrected chi connectivity index (χ2v) is 4.98. The van der Waals surface area contributed by atoms with Gasteiger partial charge in [-0.2, -0.15) is 0 Å². The van der Waals surface area contributed by atoms with Crippen LogP contribution in [0.5, 0.6) is 0 Å². The van der Waals surface area contributed by atoms with E-state index in [4.69, 9.17) is 4.74 Å². The van der Waals surface area contributed by atoms with Crippen molar-refractivity contribution >= 4 is 17.9 Å². The SMILES string of the molecule is C[C@H](OC(=O)CCc1ccc(F)cc1)C(=O)N1CCNC1=O. The zero-order valence-corrected chi connectivity index (χ0v) is 12.2. The molecule has 2 rings (SSSR count). The Morgan fingerprint density at radius 1 is 1.36 bits per heavy atom. The van der Waals surface area contributed by atoms with Gasteiger partial charge in [0.2, 0.25) is 0 Å². The molecule has 1 atom stereocenters. The molecular formula is C15H17FN2O4. The first-order valence-electron chi connectivity index (χ1n) is 7.00. The Morgan fingerprint density at radius 2 is 2.05 bits per heavy atom. The molecule has 1 heterocycles. The molecule has 1 aliphatic rings. The van der Waals surface area contributed by atoms with Gasteiger partial charge < -0.3 is 10.1 Å². The molecule has 1 aliphatic heterocycles. The van der Waals surface area contributed by atoms with Gasteiger partial charge in [0.15, 0.2) is 6.10 Å². The number of carbonyl (C=O) groups is 3. The first-order valence-corrected chi connectivity index (χ1v) is 7.00. The number of esters is 1. The number of amides is 3. The first-order chi connectivity index (χ1) is 10.5. The number of imide groups is 1. The van der Waals surface area contributed by atoms with Crippen LogP contribution in [0.25, 0.3) is 0 Å². The number of urea groups is 1. The average Bonchev–Trinajstić information content (AvgIpc) is 2.92. The van der Waals surface area contributed by atoms with Crippen LogP contribution in [-0.2, 0) is 20.7 Å². The summed E-state index contributed by atoms with van der Waals surface area (Å²) < 4.78 is 17.8. The van der Waals surface area contributed by atoms with Gasteiger partial charge >= 0.3 is 12.0 Å². The summed E-state index contributed by atoms with van der Waals surface area (Å²) in [6.07, 6.45) is -0.538. The maximum Gasteiger partial charge on any atom is 0.324 e. The van der Waals surface area contributed by atoms with Crippen molar-refractivity contribution in [2.75, 3.05) is 13.1 Å². The molecule has 1 aromatic rings. The monoisotopic (exact) mass is 308 g/mol. The summed E-state index contributed by atoms with van der Waals surface area (Å²) in [4.78, 5) is 36.1. The van der Waals surface area contributed by atoms with Gasteiger partial charge in [-0.15, -0.1) is 0 Å². The fraction of sp³-hybridized carbons (Fsp3) is 0.400. The fourth-order valence-electron chi connectivity index (χ4n) is 2.11. The van der Waals surface area contributed by atoms with E-state index in [0.717, 1.165) is 10.5 Å². The second-order valence-electron chi connectivity index (χ2n) is 4.98. The largest absolute Gasteiger partial charge is 0.453 e. The van der Waals surface area contributed by atoms with Crippen molar-refractivity contribution in [3.05, 3.63) is 35.6 Å². The van der Waals surface area contributed by atoms with Gasteiger partial charge in [-0.3, -0.25) is 14.5 Å². The highest BCUT2D eigenvalue weighted by molar-refractivity contribution is 5.98. The molecule has 0 aliphatic carbocycles. The number of halogens is 1. The normalized spacial score (nSPS) is 15.4. The highest BCUT2D eigenvalue weighted by atomic mass is 19.1. The van der Waals surface area contributed by atoms with Crippen LogP contribution in [0.3, 0.4) is 0 Å². The van der Waals surface area contributed by atoms with Gasteiger partial charge in [-0.05, 0) is 31.0 Å². The summed E-state index contributed by atoms with van der Waals surface area (Å²) >= 11 is 0. The maximum absolute atomic E-state index is 12.8. The third-order valence-electron chi connectivity index (χ3n) is 3.31. The van der Waals surface area contributed by atoms with Crippen molar-refractivity contribution < 1.29 is 23.5 Å². The molecule has 3 amide bonds. The zero-order valence-electron chi connectivity index (χ0n) is 12.2. The van der Waals surface area contributed by atoms with E-state index >= 15 is 0 Å². The molecule has 1 N–H and O–H groups in total. The topological polar surface area (TPSA) is 75.7 Å². The molecule has 6 nitrogen and oxygen atoms in total. The summed E-state index contributed by atoms with van der Waals surface area (Å²) in [7, 11) is 0. The summed E-state index contributed by atoms with van der Waals surface area (Å²) in [6.45, 7) is 2.11. The van der Waals surface area contributed by atoms with E-state index < -0.39 is 24.0 Å². The van der Waals surface area contributed by atoms with Crippen molar-refractivity contribution in [2.24, 2.45) is 0 Å². The Morgan fingerprint density at radius 3 is 2.64 bits per heavy atom. The summed E-state index contributed by atoms with van der Waals surface area (Å²) in [5.41, 5.74) is 0.802. The van der Waals surface area contributed by atoms with Gasteiger partial charge in [0, 0.05) is 19.5 Å². The smallest absolute Gasteiger partial charge is 0.324 e. The fourth-order valence-corrected chi connectivity index (χ4v) is 2.11. The van der Waals surface area contributed by atoms with Crippen LogP contribution >= 0.6 is 0 Å². The summed E-state index contributed by atoms with van der Waals surface area (Å²) in [5, 5.41) is 2.50. The molecule has 1 aromatic carbocycles. The highest BCUT2D eigenvalue weighted by Gasteiger charge is 2.31. The van der Waals surface area contributed by atoms with Crippen molar-refractivity contribution in [3.8, 4) is 0 Å². The van der Waals surface area contributed by atoms with Gasteiger partial charge in [-0.1, -0.05) is 12.1 Å². The average molecular weight is 308 g/mol. The Balaban J connectivity index is 1.79.